The van der Waals surface area contributed by atoms with Gasteiger partial charge in [-0.2, -0.15) is 0 Å². The van der Waals surface area contributed by atoms with Gasteiger partial charge in [-0.15, -0.1) is 0 Å². The zero-order valence-corrected chi connectivity index (χ0v) is 12.5. The summed E-state index contributed by atoms with van der Waals surface area (Å²) in [6.07, 6.45) is 3.53. The second-order valence-corrected chi connectivity index (χ2v) is 5.88. The molecule has 1 aliphatic rings. The zero-order chi connectivity index (χ0) is 14.5. The number of carbonyl (C=O) groups is 1. The Hall–Kier alpha value is -1.55. The zero-order valence-electron chi connectivity index (χ0n) is 12.5. The standard InChI is InChI=1S/C16H25N3O/c1-12-3-4-14(15(17)11-12)16(20)18-8-5-13-6-9-19(2)10-7-13/h3-4,11,13H,5-10,17H2,1-2H3,(H,18,20). The maximum atomic E-state index is 12.1. The predicted octanol–water partition coefficient (Wildman–Crippen LogP) is 2.04. The van der Waals surface area contributed by atoms with Gasteiger partial charge in [-0.3, -0.25) is 4.79 Å². The molecule has 1 aromatic rings. The van der Waals surface area contributed by atoms with E-state index in [2.05, 4.69) is 17.3 Å². The molecule has 0 aliphatic carbocycles. The van der Waals surface area contributed by atoms with Crippen LogP contribution in [0.3, 0.4) is 0 Å². The second-order valence-electron chi connectivity index (χ2n) is 5.88. The largest absolute Gasteiger partial charge is 0.398 e. The molecule has 0 atom stereocenters. The Morgan fingerprint density at radius 1 is 1.40 bits per heavy atom. The fraction of sp³-hybridized carbons (Fsp3) is 0.562. The summed E-state index contributed by atoms with van der Waals surface area (Å²) in [5, 5.41) is 2.99. The molecule has 0 bridgehead atoms. The van der Waals surface area contributed by atoms with Gasteiger partial charge in [0.2, 0.25) is 0 Å². The molecule has 4 nitrogen and oxygen atoms in total. The van der Waals surface area contributed by atoms with E-state index in [0.717, 1.165) is 24.4 Å². The molecule has 3 N–H and O–H groups in total. The van der Waals surface area contributed by atoms with E-state index in [1.165, 1.54) is 25.9 Å². The third-order valence-corrected chi connectivity index (χ3v) is 4.13. The first-order chi connectivity index (χ1) is 9.56. The summed E-state index contributed by atoms with van der Waals surface area (Å²) in [4.78, 5) is 14.4. The fourth-order valence-electron chi connectivity index (χ4n) is 2.72. The van der Waals surface area contributed by atoms with Crippen LogP contribution in [-0.4, -0.2) is 37.5 Å². The maximum absolute atomic E-state index is 12.1. The average Bonchev–Trinajstić information content (AvgIpc) is 2.41. The number of nitrogens with one attached hydrogen (secondary N) is 1. The van der Waals surface area contributed by atoms with Crippen LogP contribution in [0.5, 0.6) is 0 Å². The molecule has 1 saturated heterocycles. The van der Waals surface area contributed by atoms with Crippen molar-refractivity contribution in [2.75, 3.05) is 32.4 Å². The smallest absolute Gasteiger partial charge is 0.253 e. The monoisotopic (exact) mass is 275 g/mol. The molecule has 0 spiro atoms. The highest BCUT2D eigenvalue weighted by atomic mass is 16.1. The molecule has 1 heterocycles. The van der Waals surface area contributed by atoms with Crippen LogP contribution >= 0.6 is 0 Å². The van der Waals surface area contributed by atoms with Crippen molar-refractivity contribution in [3.8, 4) is 0 Å². The lowest BCUT2D eigenvalue weighted by atomic mass is 9.94. The molecule has 4 heteroatoms. The number of hydrogen-bond acceptors (Lipinski definition) is 3. The van der Waals surface area contributed by atoms with Crippen molar-refractivity contribution >= 4 is 11.6 Å². The lowest BCUT2D eigenvalue weighted by Gasteiger charge is -2.28. The number of likely N-dealkylation sites (tertiary alicyclic amines) is 1. The fourth-order valence-corrected chi connectivity index (χ4v) is 2.72. The van der Waals surface area contributed by atoms with Gasteiger partial charge in [-0.25, -0.2) is 0 Å². The van der Waals surface area contributed by atoms with Crippen LogP contribution in [-0.2, 0) is 0 Å². The van der Waals surface area contributed by atoms with Gasteiger partial charge < -0.3 is 16.0 Å². The third-order valence-electron chi connectivity index (χ3n) is 4.13. The van der Waals surface area contributed by atoms with Gasteiger partial charge in [0.1, 0.15) is 0 Å². The number of anilines is 1. The molecule has 0 unspecified atom stereocenters. The second kappa shape index (κ2) is 6.75. The normalized spacial score (nSPS) is 17.1. The summed E-state index contributed by atoms with van der Waals surface area (Å²) in [6.45, 7) is 5.05. The van der Waals surface area contributed by atoms with Gasteiger partial charge in [0.05, 0.1) is 5.56 Å². The number of nitrogens with zero attached hydrogens (tertiary/aromatic N) is 1. The van der Waals surface area contributed by atoms with Crippen LogP contribution in [0.15, 0.2) is 18.2 Å². The summed E-state index contributed by atoms with van der Waals surface area (Å²) in [7, 11) is 2.16. The van der Waals surface area contributed by atoms with Crippen molar-refractivity contribution in [1.82, 2.24) is 10.2 Å². The third kappa shape index (κ3) is 3.97. The Kier molecular flexibility index (Phi) is 5.01. The van der Waals surface area contributed by atoms with E-state index < -0.39 is 0 Å². The molecule has 1 fully saturated rings. The van der Waals surface area contributed by atoms with Crippen molar-refractivity contribution < 1.29 is 4.79 Å². The van der Waals surface area contributed by atoms with Crippen LogP contribution in [0.4, 0.5) is 5.69 Å². The highest BCUT2D eigenvalue weighted by Crippen LogP contribution is 2.19. The van der Waals surface area contributed by atoms with Crippen molar-refractivity contribution in [3.63, 3.8) is 0 Å². The van der Waals surface area contributed by atoms with E-state index >= 15 is 0 Å². The minimum atomic E-state index is -0.0598. The molecule has 1 amide bonds. The lowest BCUT2D eigenvalue weighted by molar-refractivity contribution is 0.0950. The number of hydrogen-bond donors (Lipinski definition) is 2. The van der Waals surface area contributed by atoms with Gasteiger partial charge >= 0.3 is 0 Å². The quantitative estimate of drug-likeness (QED) is 0.827. The Bertz CT molecular complexity index is 465. The van der Waals surface area contributed by atoms with Gasteiger partial charge in [0.15, 0.2) is 0 Å². The molecule has 110 valence electrons. The van der Waals surface area contributed by atoms with Crippen molar-refractivity contribution in [3.05, 3.63) is 29.3 Å². The molecule has 0 aromatic heterocycles. The highest BCUT2D eigenvalue weighted by molar-refractivity contribution is 5.99. The van der Waals surface area contributed by atoms with E-state index in [0.29, 0.717) is 11.3 Å². The minimum absolute atomic E-state index is 0.0598. The van der Waals surface area contributed by atoms with Crippen LogP contribution in [0, 0.1) is 12.8 Å². The van der Waals surface area contributed by atoms with Gasteiger partial charge in [-0.05, 0) is 69.9 Å². The van der Waals surface area contributed by atoms with Gasteiger partial charge in [0, 0.05) is 12.2 Å². The average molecular weight is 275 g/mol. The van der Waals surface area contributed by atoms with E-state index in [1.54, 1.807) is 6.07 Å². The first-order valence-electron chi connectivity index (χ1n) is 7.39. The SMILES string of the molecule is Cc1ccc(C(=O)NCCC2CCN(C)CC2)c(N)c1. The highest BCUT2D eigenvalue weighted by Gasteiger charge is 2.17. The van der Waals surface area contributed by atoms with E-state index in [9.17, 15) is 4.79 Å². The molecule has 2 rings (SSSR count). The van der Waals surface area contributed by atoms with Crippen LogP contribution < -0.4 is 11.1 Å². The summed E-state index contributed by atoms with van der Waals surface area (Å²) < 4.78 is 0. The van der Waals surface area contributed by atoms with E-state index in [-0.39, 0.29) is 5.91 Å². The molecule has 1 aliphatic heterocycles. The molecule has 0 radical (unpaired) electrons. The lowest BCUT2D eigenvalue weighted by Crippen LogP contribution is -2.32. The minimum Gasteiger partial charge on any atom is -0.398 e. The van der Waals surface area contributed by atoms with E-state index in [4.69, 9.17) is 5.73 Å². The number of piperidine rings is 1. The predicted molar refractivity (Wildman–Crippen MR) is 82.8 cm³/mol. The van der Waals surface area contributed by atoms with Crippen LogP contribution in [0.1, 0.15) is 35.2 Å². The van der Waals surface area contributed by atoms with Gasteiger partial charge in [-0.1, -0.05) is 6.07 Å². The topological polar surface area (TPSA) is 58.4 Å². The summed E-state index contributed by atoms with van der Waals surface area (Å²) >= 11 is 0. The molecular weight excluding hydrogens is 250 g/mol. The Morgan fingerprint density at radius 3 is 2.75 bits per heavy atom. The molecule has 1 aromatic carbocycles. The van der Waals surface area contributed by atoms with Crippen LogP contribution in [0.25, 0.3) is 0 Å². The number of aryl methyl sites for hydroxylation is 1. The number of carbonyl (C=O) groups excluding carboxylic acids is 1. The number of amides is 1. The summed E-state index contributed by atoms with van der Waals surface area (Å²) in [6, 6.07) is 5.56. The molecule has 0 saturated carbocycles. The number of nitrogen functional groups attached to an aromatic ring is 1. The summed E-state index contributed by atoms with van der Waals surface area (Å²) in [5.41, 5.74) is 8.10. The first kappa shape index (κ1) is 14.9. The molecule has 20 heavy (non-hydrogen) atoms. The Morgan fingerprint density at radius 2 is 2.10 bits per heavy atom. The first-order valence-corrected chi connectivity index (χ1v) is 7.39. The summed E-state index contributed by atoms with van der Waals surface area (Å²) in [5.74, 6) is 0.678. The number of rotatable bonds is 4. The Balaban J connectivity index is 1.77. The van der Waals surface area contributed by atoms with Crippen molar-refractivity contribution in [2.45, 2.75) is 26.2 Å². The van der Waals surface area contributed by atoms with Crippen molar-refractivity contribution in [1.29, 1.82) is 0 Å². The van der Waals surface area contributed by atoms with E-state index in [1.807, 2.05) is 19.1 Å². The Labute approximate surface area is 121 Å². The number of nitrogens with two attached hydrogens (primary N) is 1. The molecular formula is C16H25N3O. The maximum Gasteiger partial charge on any atom is 0.253 e. The van der Waals surface area contributed by atoms with Crippen LogP contribution in [0.2, 0.25) is 0 Å². The van der Waals surface area contributed by atoms with Gasteiger partial charge in [0.25, 0.3) is 5.91 Å². The number of benzene rings is 1. The van der Waals surface area contributed by atoms with Crippen molar-refractivity contribution in [2.24, 2.45) is 5.92 Å².